The molecule has 3 aromatic heterocycles. The van der Waals surface area contributed by atoms with Crippen LogP contribution in [0.4, 0.5) is 0 Å². The fourth-order valence-electron chi connectivity index (χ4n) is 3.74. The minimum absolute atomic E-state index is 0.162. The van der Waals surface area contributed by atoms with E-state index in [1.807, 2.05) is 28.7 Å². The molecular formula is C25H34O2S3. The Hall–Kier alpha value is -1.17. The maximum atomic E-state index is 12.5. The number of thiophene rings is 3. The number of unbranched alkanes of at least 4 members (excludes halogenated alkanes) is 9. The molecule has 0 aliphatic rings. The molecule has 0 saturated heterocycles. The van der Waals surface area contributed by atoms with Gasteiger partial charge in [0.25, 0.3) is 0 Å². The van der Waals surface area contributed by atoms with Crippen LogP contribution in [0.2, 0.25) is 0 Å². The number of fused-ring (bicyclic) bond motifs is 1. The highest BCUT2D eigenvalue weighted by Crippen LogP contribution is 2.44. The SMILES string of the molecule is CCCCCCCCCCCCOC(=O)c1cc2c(-c3ccc(C)s3)sc(C)c2s1. The predicted molar refractivity (Wildman–Crippen MR) is 135 cm³/mol. The molecule has 0 unspecified atom stereocenters. The molecule has 3 rings (SSSR count). The van der Waals surface area contributed by atoms with Crippen molar-refractivity contribution in [3.63, 3.8) is 0 Å². The van der Waals surface area contributed by atoms with Gasteiger partial charge in [-0.2, -0.15) is 0 Å². The van der Waals surface area contributed by atoms with Gasteiger partial charge < -0.3 is 4.74 Å². The van der Waals surface area contributed by atoms with E-state index in [0.717, 1.165) is 17.7 Å². The summed E-state index contributed by atoms with van der Waals surface area (Å²) in [4.78, 5) is 18.4. The summed E-state index contributed by atoms with van der Waals surface area (Å²) in [5, 5.41) is 1.20. The third kappa shape index (κ3) is 6.41. The van der Waals surface area contributed by atoms with Crippen molar-refractivity contribution in [2.24, 2.45) is 0 Å². The topological polar surface area (TPSA) is 26.3 Å². The Kier molecular flexibility index (Phi) is 9.41. The molecule has 0 fully saturated rings. The van der Waals surface area contributed by atoms with E-state index in [4.69, 9.17) is 4.74 Å². The van der Waals surface area contributed by atoms with Crippen molar-refractivity contribution in [3.05, 3.63) is 32.8 Å². The second-order valence-corrected chi connectivity index (χ2v) is 11.6. The summed E-state index contributed by atoms with van der Waals surface area (Å²) in [6, 6.07) is 6.38. The van der Waals surface area contributed by atoms with Gasteiger partial charge in [-0.05, 0) is 38.5 Å². The molecule has 0 aliphatic carbocycles. The van der Waals surface area contributed by atoms with Crippen molar-refractivity contribution in [3.8, 4) is 9.75 Å². The minimum atomic E-state index is -0.162. The normalized spacial score (nSPS) is 11.4. The number of carbonyl (C=O) groups excluding carboxylic acids is 1. The highest BCUT2D eigenvalue weighted by molar-refractivity contribution is 7.28. The van der Waals surface area contributed by atoms with Crippen LogP contribution < -0.4 is 0 Å². The van der Waals surface area contributed by atoms with E-state index in [1.54, 1.807) is 11.3 Å². The first-order chi connectivity index (χ1) is 14.6. The summed E-state index contributed by atoms with van der Waals surface area (Å²) < 4.78 is 6.79. The van der Waals surface area contributed by atoms with Gasteiger partial charge >= 0.3 is 5.97 Å². The fourth-order valence-corrected chi connectivity index (χ4v) is 7.03. The molecule has 5 heteroatoms. The molecule has 0 spiro atoms. The van der Waals surface area contributed by atoms with Crippen LogP contribution in [0.5, 0.6) is 0 Å². The zero-order valence-corrected chi connectivity index (χ0v) is 21.0. The molecule has 0 atom stereocenters. The molecule has 164 valence electrons. The average molecular weight is 463 g/mol. The van der Waals surface area contributed by atoms with Crippen molar-refractivity contribution >= 4 is 50.1 Å². The summed E-state index contributed by atoms with van der Waals surface area (Å²) in [6.07, 6.45) is 12.9. The average Bonchev–Trinajstić information content (AvgIpc) is 3.43. The molecule has 0 radical (unpaired) electrons. The lowest BCUT2D eigenvalue weighted by atomic mass is 10.1. The Morgan fingerprint density at radius 2 is 1.53 bits per heavy atom. The zero-order chi connectivity index (χ0) is 21.3. The Morgan fingerprint density at radius 3 is 2.17 bits per heavy atom. The van der Waals surface area contributed by atoms with Gasteiger partial charge in [-0.1, -0.05) is 64.7 Å². The molecule has 0 aliphatic heterocycles. The van der Waals surface area contributed by atoms with Gasteiger partial charge in [-0.25, -0.2) is 4.79 Å². The van der Waals surface area contributed by atoms with Gasteiger partial charge in [-0.3, -0.25) is 0 Å². The minimum Gasteiger partial charge on any atom is -0.462 e. The predicted octanol–water partition coefficient (Wildman–Crippen LogP) is 9.39. The highest BCUT2D eigenvalue weighted by atomic mass is 32.1. The molecule has 0 amide bonds. The highest BCUT2D eigenvalue weighted by Gasteiger charge is 2.19. The summed E-state index contributed by atoms with van der Waals surface area (Å²) in [7, 11) is 0. The first-order valence-electron chi connectivity index (χ1n) is 11.4. The Labute approximate surface area is 193 Å². The van der Waals surface area contributed by atoms with E-state index < -0.39 is 0 Å². The quantitative estimate of drug-likeness (QED) is 0.187. The number of hydrogen-bond donors (Lipinski definition) is 0. The second-order valence-electron chi connectivity index (χ2n) is 8.07. The molecular weight excluding hydrogens is 428 g/mol. The van der Waals surface area contributed by atoms with Crippen LogP contribution in [0, 0.1) is 13.8 Å². The fraction of sp³-hybridized carbons (Fsp3) is 0.560. The van der Waals surface area contributed by atoms with Gasteiger partial charge in [0, 0.05) is 24.7 Å². The molecule has 0 N–H and O–H groups in total. The largest absolute Gasteiger partial charge is 0.462 e. The number of hydrogen-bond acceptors (Lipinski definition) is 5. The van der Waals surface area contributed by atoms with Crippen LogP contribution in [-0.4, -0.2) is 12.6 Å². The van der Waals surface area contributed by atoms with Crippen LogP contribution in [0.15, 0.2) is 18.2 Å². The number of ether oxygens (including phenoxy) is 1. The van der Waals surface area contributed by atoms with Crippen molar-refractivity contribution < 1.29 is 9.53 Å². The van der Waals surface area contributed by atoms with Gasteiger partial charge in [0.15, 0.2) is 0 Å². The summed E-state index contributed by atoms with van der Waals surface area (Å²) in [5.74, 6) is -0.162. The van der Waals surface area contributed by atoms with E-state index in [1.165, 1.54) is 81.0 Å². The monoisotopic (exact) mass is 462 g/mol. The molecule has 0 saturated carbocycles. The number of aryl methyl sites for hydroxylation is 2. The third-order valence-electron chi connectivity index (χ3n) is 5.45. The Balaban J connectivity index is 1.41. The van der Waals surface area contributed by atoms with Crippen LogP contribution in [-0.2, 0) is 4.74 Å². The Morgan fingerprint density at radius 1 is 0.867 bits per heavy atom. The molecule has 3 heterocycles. The van der Waals surface area contributed by atoms with Crippen molar-refractivity contribution in [2.45, 2.75) is 85.0 Å². The van der Waals surface area contributed by atoms with E-state index >= 15 is 0 Å². The number of rotatable bonds is 13. The first kappa shape index (κ1) is 23.5. The molecule has 0 bridgehead atoms. The lowest BCUT2D eigenvalue weighted by molar-refractivity contribution is 0.0503. The van der Waals surface area contributed by atoms with Gasteiger partial charge in [-0.15, -0.1) is 34.0 Å². The maximum Gasteiger partial charge on any atom is 0.348 e. The zero-order valence-electron chi connectivity index (χ0n) is 18.6. The van der Waals surface area contributed by atoms with Crippen LogP contribution in [0.3, 0.4) is 0 Å². The molecule has 30 heavy (non-hydrogen) atoms. The summed E-state index contributed by atoms with van der Waals surface area (Å²) in [6.45, 7) is 7.08. The molecule has 3 aromatic rings. The number of esters is 1. The number of carbonyl (C=O) groups is 1. The van der Waals surface area contributed by atoms with E-state index in [-0.39, 0.29) is 5.97 Å². The van der Waals surface area contributed by atoms with Crippen LogP contribution >= 0.6 is 34.0 Å². The van der Waals surface area contributed by atoms with Crippen LogP contribution in [0.1, 0.15) is 90.6 Å². The van der Waals surface area contributed by atoms with Gasteiger partial charge in [0.1, 0.15) is 4.88 Å². The van der Waals surface area contributed by atoms with Gasteiger partial charge in [0.2, 0.25) is 0 Å². The molecule has 2 nitrogen and oxygen atoms in total. The van der Waals surface area contributed by atoms with E-state index in [9.17, 15) is 4.79 Å². The lowest BCUT2D eigenvalue weighted by Gasteiger charge is -2.04. The van der Waals surface area contributed by atoms with Crippen molar-refractivity contribution in [1.82, 2.24) is 0 Å². The van der Waals surface area contributed by atoms with E-state index in [0.29, 0.717) is 6.61 Å². The Bertz CT molecular complexity index is 932. The lowest BCUT2D eigenvalue weighted by Crippen LogP contribution is -2.04. The van der Waals surface area contributed by atoms with E-state index in [2.05, 4.69) is 32.9 Å². The summed E-state index contributed by atoms with van der Waals surface area (Å²) >= 11 is 5.22. The van der Waals surface area contributed by atoms with Crippen molar-refractivity contribution in [1.29, 1.82) is 0 Å². The second kappa shape index (κ2) is 12.0. The summed E-state index contributed by atoms with van der Waals surface area (Å²) in [5.41, 5.74) is 0. The van der Waals surface area contributed by atoms with Crippen molar-refractivity contribution in [2.75, 3.05) is 6.61 Å². The first-order valence-corrected chi connectivity index (χ1v) is 13.8. The van der Waals surface area contributed by atoms with Gasteiger partial charge in [0.05, 0.1) is 11.5 Å². The smallest absolute Gasteiger partial charge is 0.348 e. The maximum absolute atomic E-state index is 12.5. The standard InChI is InChI=1S/C25H34O2S3/c1-4-5-6-7-8-9-10-11-12-13-16-27-25(26)22-17-20-23(30-22)19(3)29-24(20)21-15-14-18(2)28-21/h14-15,17H,4-13,16H2,1-3H3. The van der Waals surface area contributed by atoms with Crippen LogP contribution in [0.25, 0.3) is 19.8 Å². The third-order valence-corrected chi connectivity index (χ3v) is 9.11. The molecule has 0 aromatic carbocycles.